The highest BCUT2D eigenvalue weighted by molar-refractivity contribution is 7.98. The third-order valence-electron chi connectivity index (χ3n) is 3.04. The third kappa shape index (κ3) is 2.64. The minimum Gasteiger partial charge on any atom is -0.387 e. The second kappa shape index (κ2) is 5.33. The third-order valence-corrected chi connectivity index (χ3v) is 6.21. The molecule has 0 amide bonds. The van der Waals surface area contributed by atoms with Gasteiger partial charge in [-0.3, -0.25) is 0 Å². The van der Waals surface area contributed by atoms with E-state index in [0.29, 0.717) is 6.42 Å². The number of thioether (sulfide) groups is 1. The summed E-state index contributed by atoms with van der Waals surface area (Å²) in [5, 5.41) is 13.4. The fourth-order valence-corrected chi connectivity index (χ4v) is 5.12. The molecule has 1 unspecified atom stereocenters. The molecule has 2 aromatic heterocycles. The highest BCUT2D eigenvalue weighted by Gasteiger charge is 2.18. The number of hydrogen-bond acceptors (Lipinski definition) is 5. The predicted molar refractivity (Wildman–Crippen MR) is 79.7 cm³/mol. The number of aromatic nitrogens is 1. The number of thiazole rings is 1. The second-order valence-corrected chi connectivity index (χ2v) is 7.81. The van der Waals surface area contributed by atoms with Gasteiger partial charge in [0.05, 0.1) is 16.8 Å². The molecular weight excluding hydrogens is 282 g/mol. The summed E-state index contributed by atoms with van der Waals surface area (Å²) in [4.78, 5) is 6.99. The Balaban J connectivity index is 1.75. The Hall–Kier alpha value is -0.360. The Kier molecular flexibility index (Phi) is 3.75. The monoisotopic (exact) mass is 297 g/mol. The van der Waals surface area contributed by atoms with E-state index >= 15 is 0 Å². The quantitative estimate of drug-likeness (QED) is 0.940. The van der Waals surface area contributed by atoms with Crippen LogP contribution in [0.2, 0.25) is 0 Å². The van der Waals surface area contributed by atoms with E-state index < -0.39 is 6.10 Å². The van der Waals surface area contributed by atoms with Crippen molar-refractivity contribution in [3.63, 3.8) is 0 Å². The standard InChI is InChI=1S/C13H15NOS3/c1-8-14-10(7-17-8)5-11(15)13-4-9-6-16-3-2-12(9)18-13/h4,7,11,15H,2-3,5-6H2,1H3. The molecule has 96 valence electrons. The number of aliphatic hydroxyl groups excluding tert-OH is 1. The van der Waals surface area contributed by atoms with Crippen LogP contribution in [-0.4, -0.2) is 15.8 Å². The van der Waals surface area contributed by atoms with Crippen LogP contribution >= 0.6 is 34.4 Å². The van der Waals surface area contributed by atoms with E-state index in [-0.39, 0.29) is 0 Å². The minimum absolute atomic E-state index is 0.396. The number of aliphatic hydroxyl groups is 1. The molecule has 2 nitrogen and oxygen atoms in total. The molecule has 1 N–H and O–H groups in total. The number of thiophene rings is 1. The Bertz CT molecular complexity index is 523. The first-order chi connectivity index (χ1) is 8.72. The lowest BCUT2D eigenvalue weighted by Gasteiger charge is -2.08. The molecule has 0 aromatic carbocycles. The maximum absolute atomic E-state index is 10.3. The molecule has 2 aromatic rings. The van der Waals surface area contributed by atoms with Crippen molar-refractivity contribution in [2.45, 2.75) is 31.6 Å². The maximum atomic E-state index is 10.3. The van der Waals surface area contributed by atoms with Crippen molar-refractivity contribution in [3.05, 3.63) is 37.5 Å². The number of nitrogens with zero attached hydrogens (tertiary/aromatic N) is 1. The van der Waals surface area contributed by atoms with Crippen molar-refractivity contribution in [2.24, 2.45) is 0 Å². The Labute approximate surface area is 119 Å². The lowest BCUT2D eigenvalue weighted by molar-refractivity contribution is 0.181. The summed E-state index contributed by atoms with van der Waals surface area (Å²) >= 11 is 5.41. The van der Waals surface area contributed by atoms with Gasteiger partial charge in [0, 0.05) is 27.3 Å². The van der Waals surface area contributed by atoms with Crippen LogP contribution in [0.5, 0.6) is 0 Å². The molecule has 3 rings (SSSR count). The zero-order valence-corrected chi connectivity index (χ0v) is 12.6. The zero-order valence-electron chi connectivity index (χ0n) is 10.2. The summed E-state index contributed by atoms with van der Waals surface area (Å²) in [5.74, 6) is 2.32. The van der Waals surface area contributed by atoms with Crippen molar-refractivity contribution in [2.75, 3.05) is 5.75 Å². The molecule has 0 saturated carbocycles. The Morgan fingerprint density at radius 1 is 1.50 bits per heavy atom. The van der Waals surface area contributed by atoms with Crippen molar-refractivity contribution >= 4 is 34.4 Å². The molecule has 0 spiro atoms. The van der Waals surface area contributed by atoms with Crippen LogP contribution in [0.25, 0.3) is 0 Å². The molecule has 0 fully saturated rings. The summed E-state index contributed by atoms with van der Waals surface area (Å²) in [5.41, 5.74) is 2.44. The molecule has 0 bridgehead atoms. The minimum atomic E-state index is -0.396. The molecule has 5 heteroatoms. The lowest BCUT2D eigenvalue weighted by Crippen LogP contribution is -1.99. The fourth-order valence-electron chi connectivity index (χ4n) is 2.14. The maximum Gasteiger partial charge on any atom is 0.0937 e. The molecule has 0 saturated heterocycles. The van der Waals surface area contributed by atoms with Gasteiger partial charge in [-0.25, -0.2) is 4.98 Å². The SMILES string of the molecule is Cc1nc(CC(O)c2cc3c(s2)CCSC3)cs1. The molecule has 0 aliphatic carbocycles. The van der Waals surface area contributed by atoms with E-state index in [4.69, 9.17) is 0 Å². The van der Waals surface area contributed by atoms with Crippen LogP contribution in [0.3, 0.4) is 0 Å². The number of aryl methyl sites for hydroxylation is 2. The first-order valence-electron chi connectivity index (χ1n) is 6.00. The molecule has 1 aliphatic heterocycles. The van der Waals surface area contributed by atoms with E-state index in [9.17, 15) is 5.11 Å². The van der Waals surface area contributed by atoms with Crippen molar-refractivity contribution in [3.8, 4) is 0 Å². The van der Waals surface area contributed by atoms with E-state index in [0.717, 1.165) is 27.8 Å². The van der Waals surface area contributed by atoms with E-state index in [1.165, 1.54) is 16.2 Å². The fraction of sp³-hybridized carbons (Fsp3) is 0.462. The Morgan fingerprint density at radius 2 is 2.39 bits per heavy atom. The molecule has 18 heavy (non-hydrogen) atoms. The number of hydrogen-bond donors (Lipinski definition) is 1. The van der Waals surface area contributed by atoms with Gasteiger partial charge in [0.1, 0.15) is 0 Å². The first-order valence-corrected chi connectivity index (χ1v) is 8.86. The van der Waals surface area contributed by atoms with Crippen LogP contribution in [-0.2, 0) is 18.6 Å². The molecule has 3 heterocycles. The van der Waals surface area contributed by atoms with Gasteiger partial charge < -0.3 is 5.11 Å². The van der Waals surface area contributed by atoms with E-state index in [2.05, 4.69) is 11.1 Å². The summed E-state index contributed by atoms with van der Waals surface area (Å²) in [6.45, 7) is 2.00. The summed E-state index contributed by atoms with van der Waals surface area (Å²) in [7, 11) is 0. The van der Waals surface area contributed by atoms with Gasteiger partial charge in [-0.1, -0.05) is 0 Å². The normalized spacial score (nSPS) is 16.6. The molecular formula is C13H15NOS3. The predicted octanol–water partition coefficient (Wildman–Crippen LogP) is 3.58. The highest BCUT2D eigenvalue weighted by Crippen LogP contribution is 2.35. The van der Waals surface area contributed by atoms with E-state index in [1.54, 1.807) is 22.7 Å². The largest absolute Gasteiger partial charge is 0.387 e. The van der Waals surface area contributed by atoms with Gasteiger partial charge in [-0.05, 0) is 30.7 Å². The van der Waals surface area contributed by atoms with Crippen LogP contribution < -0.4 is 0 Å². The Morgan fingerprint density at radius 3 is 3.11 bits per heavy atom. The summed E-state index contributed by atoms with van der Waals surface area (Å²) < 4.78 is 0. The average molecular weight is 297 g/mol. The van der Waals surface area contributed by atoms with Crippen LogP contribution in [0, 0.1) is 6.92 Å². The first kappa shape index (κ1) is 12.7. The highest BCUT2D eigenvalue weighted by atomic mass is 32.2. The zero-order chi connectivity index (χ0) is 12.5. The van der Waals surface area contributed by atoms with Gasteiger partial charge >= 0.3 is 0 Å². The van der Waals surface area contributed by atoms with Crippen molar-refractivity contribution < 1.29 is 5.11 Å². The van der Waals surface area contributed by atoms with Crippen molar-refractivity contribution in [1.82, 2.24) is 4.98 Å². The van der Waals surface area contributed by atoms with Crippen LogP contribution in [0.4, 0.5) is 0 Å². The summed E-state index contributed by atoms with van der Waals surface area (Å²) in [6, 6.07) is 2.19. The van der Waals surface area contributed by atoms with Gasteiger partial charge in [0.25, 0.3) is 0 Å². The molecule has 1 atom stereocenters. The van der Waals surface area contributed by atoms with Gasteiger partial charge in [0.15, 0.2) is 0 Å². The van der Waals surface area contributed by atoms with Gasteiger partial charge in [-0.2, -0.15) is 11.8 Å². The topological polar surface area (TPSA) is 33.1 Å². The van der Waals surface area contributed by atoms with Gasteiger partial charge in [0.2, 0.25) is 0 Å². The summed E-state index contributed by atoms with van der Waals surface area (Å²) in [6.07, 6.45) is 1.40. The van der Waals surface area contributed by atoms with Gasteiger partial charge in [-0.15, -0.1) is 22.7 Å². The molecule has 0 radical (unpaired) electrons. The van der Waals surface area contributed by atoms with Crippen molar-refractivity contribution in [1.29, 1.82) is 0 Å². The molecule has 1 aliphatic rings. The second-order valence-electron chi connectivity index (χ2n) is 4.48. The smallest absolute Gasteiger partial charge is 0.0937 e. The lowest BCUT2D eigenvalue weighted by atomic mass is 10.1. The number of fused-ring (bicyclic) bond motifs is 1. The van der Waals surface area contributed by atoms with E-state index in [1.807, 2.05) is 24.1 Å². The van der Waals surface area contributed by atoms with Crippen LogP contribution in [0.15, 0.2) is 11.4 Å². The number of rotatable bonds is 3. The van der Waals surface area contributed by atoms with Crippen LogP contribution in [0.1, 0.15) is 32.1 Å². The average Bonchev–Trinajstić information content (AvgIpc) is 2.95.